The van der Waals surface area contributed by atoms with Crippen LogP contribution in [0.1, 0.15) is 86.5 Å². The normalized spacial score (nSPS) is 10.5. The minimum atomic E-state index is -0.565. The van der Waals surface area contributed by atoms with Gasteiger partial charge < -0.3 is 29.6 Å². The molecule has 0 saturated heterocycles. The van der Waals surface area contributed by atoms with Gasteiger partial charge in [-0.05, 0) is 84.0 Å². The van der Waals surface area contributed by atoms with Crippen LogP contribution in [0.3, 0.4) is 0 Å². The second kappa shape index (κ2) is 16.6. The number of amides is 2. The van der Waals surface area contributed by atoms with E-state index < -0.39 is 22.7 Å². The first-order valence-corrected chi connectivity index (χ1v) is 14.6. The van der Waals surface area contributed by atoms with Gasteiger partial charge in [-0.25, -0.2) is 4.79 Å². The number of rotatable bonds is 12. The maximum Gasteiger partial charge on any atom is 0.338 e. The van der Waals surface area contributed by atoms with E-state index >= 15 is 0 Å². The number of nitro groups is 1. The molecule has 242 valence electrons. The number of nitro benzene ring substituents is 1. The molecule has 0 aliphatic carbocycles. The third-order valence-electron chi connectivity index (χ3n) is 5.67. The summed E-state index contributed by atoms with van der Waals surface area (Å²) in [4.78, 5) is 49.3. The number of nitrogens with zero attached hydrogens (tertiary/aromatic N) is 1. The van der Waals surface area contributed by atoms with Gasteiger partial charge in [0.1, 0.15) is 5.75 Å². The van der Waals surface area contributed by atoms with Crippen LogP contribution in [0.4, 0.5) is 17.1 Å². The lowest BCUT2D eigenvalue weighted by Gasteiger charge is -2.21. The summed E-state index contributed by atoms with van der Waals surface area (Å²) >= 11 is 0. The first-order chi connectivity index (χ1) is 21.3. The van der Waals surface area contributed by atoms with Crippen molar-refractivity contribution in [2.45, 2.75) is 73.7 Å². The summed E-state index contributed by atoms with van der Waals surface area (Å²) in [5, 5.41) is 16.5. The van der Waals surface area contributed by atoms with Crippen molar-refractivity contribution in [1.82, 2.24) is 0 Å². The zero-order valence-electron chi connectivity index (χ0n) is 27.0. The molecule has 0 saturated carbocycles. The third kappa shape index (κ3) is 9.95. The minimum Gasteiger partial charge on any atom is -0.492 e. The van der Waals surface area contributed by atoms with Crippen LogP contribution >= 0.6 is 0 Å². The van der Waals surface area contributed by atoms with Crippen LogP contribution in [0.25, 0.3) is 0 Å². The van der Waals surface area contributed by atoms with Crippen molar-refractivity contribution in [3.8, 4) is 17.2 Å². The topological polar surface area (TPSA) is 155 Å². The molecule has 0 spiro atoms. The van der Waals surface area contributed by atoms with Gasteiger partial charge in [0.05, 0.1) is 52.8 Å². The Kier molecular flexibility index (Phi) is 13.3. The summed E-state index contributed by atoms with van der Waals surface area (Å²) in [5.41, 5.74) is 0.932. The first-order valence-electron chi connectivity index (χ1n) is 14.6. The summed E-state index contributed by atoms with van der Waals surface area (Å²) < 4.78 is 22.7. The Hall–Kier alpha value is -5.13. The molecular weight excluding hydrogens is 582 g/mol. The van der Waals surface area contributed by atoms with E-state index in [1.54, 1.807) is 33.8 Å². The number of nitrogens with one attached hydrogen (secondary N) is 2. The second-order valence-corrected chi connectivity index (χ2v) is 10.2. The van der Waals surface area contributed by atoms with E-state index in [1.165, 1.54) is 55.6 Å². The zero-order valence-corrected chi connectivity index (χ0v) is 27.0. The molecule has 0 bridgehead atoms. The Bertz CT molecular complexity index is 1500. The number of non-ortho nitro benzene ring substituents is 1. The lowest BCUT2D eigenvalue weighted by Crippen LogP contribution is -2.19. The largest absolute Gasteiger partial charge is 0.492 e. The monoisotopic (exact) mass is 623 g/mol. The molecule has 12 heteroatoms. The summed E-state index contributed by atoms with van der Waals surface area (Å²) in [6.07, 6.45) is -0.921. The van der Waals surface area contributed by atoms with Gasteiger partial charge in [0.25, 0.3) is 17.5 Å². The zero-order chi connectivity index (χ0) is 33.8. The highest BCUT2D eigenvalue weighted by atomic mass is 16.6. The van der Waals surface area contributed by atoms with Crippen molar-refractivity contribution in [2.75, 3.05) is 17.7 Å². The molecule has 3 aromatic rings. The lowest BCUT2D eigenvalue weighted by molar-refractivity contribution is -0.384. The van der Waals surface area contributed by atoms with Crippen LogP contribution in [0.5, 0.6) is 17.2 Å². The molecule has 2 N–H and O–H groups in total. The van der Waals surface area contributed by atoms with E-state index in [0.29, 0.717) is 5.69 Å². The van der Waals surface area contributed by atoms with Gasteiger partial charge in [0.2, 0.25) is 0 Å². The molecule has 0 fully saturated rings. The fourth-order valence-electron chi connectivity index (χ4n) is 3.90. The van der Waals surface area contributed by atoms with Crippen molar-refractivity contribution in [1.29, 1.82) is 0 Å². The Morgan fingerprint density at radius 1 is 0.711 bits per heavy atom. The quantitative estimate of drug-likeness (QED) is 0.120. The Morgan fingerprint density at radius 2 is 1.27 bits per heavy atom. The maximum absolute atomic E-state index is 13.5. The highest BCUT2D eigenvalue weighted by molar-refractivity contribution is 6.10. The SMILES string of the molecule is CC.COc1c(C(=O)Nc2ccc(C(=O)OC(C)C)cc2OC(C)C)ccc(NC(=O)c2ccc([N+](=O)[O-])cc2)c1OC(C)C. The average Bonchev–Trinajstić information content (AvgIpc) is 2.98. The number of hydrogen-bond acceptors (Lipinski definition) is 9. The highest BCUT2D eigenvalue weighted by Crippen LogP contribution is 2.40. The number of carbonyl (C=O) groups is 3. The molecule has 2 amide bonds. The fourth-order valence-corrected chi connectivity index (χ4v) is 3.90. The smallest absolute Gasteiger partial charge is 0.338 e. The van der Waals surface area contributed by atoms with Crippen LogP contribution in [0, 0.1) is 10.1 Å². The molecule has 3 rings (SSSR count). The maximum atomic E-state index is 13.5. The third-order valence-corrected chi connectivity index (χ3v) is 5.67. The van der Waals surface area contributed by atoms with Crippen LogP contribution in [0.2, 0.25) is 0 Å². The van der Waals surface area contributed by atoms with Crippen molar-refractivity contribution >= 4 is 34.8 Å². The number of esters is 1. The number of hydrogen-bond donors (Lipinski definition) is 2. The van der Waals surface area contributed by atoms with E-state index in [1.807, 2.05) is 27.7 Å². The molecule has 0 aromatic heterocycles. The molecule has 0 radical (unpaired) electrons. The van der Waals surface area contributed by atoms with Crippen molar-refractivity contribution in [3.63, 3.8) is 0 Å². The lowest BCUT2D eigenvalue weighted by atomic mass is 10.1. The van der Waals surface area contributed by atoms with Gasteiger partial charge in [-0.2, -0.15) is 0 Å². The van der Waals surface area contributed by atoms with E-state index in [9.17, 15) is 24.5 Å². The number of benzene rings is 3. The van der Waals surface area contributed by atoms with Gasteiger partial charge in [-0.15, -0.1) is 0 Å². The molecule has 0 unspecified atom stereocenters. The van der Waals surface area contributed by atoms with Crippen LogP contribution in [-0.2, 0) is 4.74 Å². The highest BCUT2D eigenvalue weighted by Gasteiger charge is 2.24. The first kappa shape index (κ1) is 36.1. The van der Waals surface area contributed by atoms with Gasteiger partial charge in [-0.3, -0.25) is 19.7 Å². The molecule has 3 aromatic carbocycles. The summed E-state index contributed by atoms with van der Waals surface area (Å²) in [5.74, 6) is -1.18. The van der Waals surface area contributed by atoms with E-state index in [-0.39, 0.29) is 63.6 Å². The Morgan fingerprint density at radius 3 is 1.80 bits per heavy atom. The number of carbonyl (C=O) groups excluding carboxylic acids is 3. The Balaban J connectivity index is 0.00000345. The molecule has 0 heterocycles. The average molecular weight is 624 g/mol. The van der Waals surface area contributed by atoms with E-state index in [2.05, 4.69) is 10.6 Å². The molecular formula is C33H41N3O9. The number of anilines is 2. The molecule has 0 atom stereocenters. The van der Waals surface area contributed by atoms with E-state index in [0.717, 1.165) is 0 Å². The predicted molar refractivity (Wildman–Crippen MR) is 172 cm³/mol. The fraction of sp³-hybridized carbons (Fsp3) is 0.364. The van der Waals surface area contributed by atoms with Crippen molar-refractivity contribution in [3.05, 3.63) is 81.4 Å². The van der Waals surface area contributed by atoms with Crippen molar-refractivity contribution < 1.29 is 38.3 Å². The van der Waals surface area contributed by atoms with Gasteiger partial charge in [0.15, 0.2) is 11.5 Å². The molecule has 12 nitrogen and oxygen atoms in total. The molecule has 45 heavy (non-hydrogen) atoms. The number of methoxy groups -OCH3 is 1. The standard InChI is InChI=1S/C31H35N3O9.C2H6/c1-17(2)41-26-16-21(31(37)43-19(5)6)10-14-24(26)32-30(36)23-13-15-25(28(27(23)40-7)42-18(3)4)33-29(35)20-8-11-22(12-9-20)34(38)39;1-2/h8-19H,1-7H3,(H,32,36)(H,33,35);1-2H3. The summed E-state index contributed by atoms with van der Waals surface area (Å²) in [7, 11) is 1.36. The minimum absolute atomic E-state index is 0.0659. The predicted octanol–water partition coefficient (Wildman–Crippen LogP) is 7.27. The van der Waals surface area contributed by atoms with Crippen molar-refractivity contribution in [2.24, 2.45) is 0 Å². The van der Waals surface area contributed by atoms with E-state index in [4.69, 9.17) is 18.9 Å². The number of ether oxygens (including phenoxy) is 4. The van der Waals surface area contributed by atoms with Gasteiger partial charge >= 0.3 is 5.97 Å². The second-order valence-electron chi connectivity index (χ2n) is 10.2. The van der Waals surface area contributed by atoms with Crippen LogP contribution < -0.4 is 24.8 Å². The van der Waals surface area contributed by atoms with Crippen LogP contribution in [0.15, 0.2) is 54.6 Å². The Labute approximate surface area is 263 Å². The molecule has 0 aliphatic rings. The molecule has 0 aliphatic heterocycles. The summed E-state index contributed by atoms with van der Waals surface area (Å²) in [6, 6.07) is 12.6. The van der Waals surface area contributed by atoms with Crippen LogP contribution in [-0.4, -0.2) is 48.1 Å². The van der Waals surface area contributed by atoms with Gasteiger partial charge in [0, 0.05) is 17.7 Å². The summed E-state index contributed by atoms with van der Waals surface area (Å²) in [6.45, 7) is 14.7. The van der Waals surface area contributed by atoms with Gasteiger partial charge in [-0.1, -0.05) is 13.8 Å².